The summed E-state index contributed by atoms with van der Waals surface area (Å²) in [7, 11) is 1.57. The summed E-state index contributed by atoms with van der Waals surface area (Å²) in [6.45, 7) is 1.45. The summed E-state index contributed by atoms with van der Waals surface area (Å²) in [5, 5.41) is 9.32. The SMILES string of the molecule is CN(C(=O)Nc1ncc(-c2ccccc2)s1)[C@H]1CN(c2nccc(NC(=O)O[C@@H]3C[C@@H]4C[C@H]3CN4)n2)CC[C@H]1F. The van der Waals surface area contributed by atoms with Crippen LogP contribution in [0.15, 0.2) is 48.8 Å². The summed E-state index contributed by atoms with van der Waals surface area (Å²) in [5.74, 6) is 1.01. The minimum atomic E-state index is -1.21. The number of thiazole rings is 1. The third kappa shape index (κ3) is 5.70. The fourth-order valence-corrected chi connectivity index (χ4v) is 6.43. The number of piperidine rings is 2. The number of likely N-dealkylation sites (N-methyl/N-ethyl adjacent to an activating group) is 1. The number of benzene rings is 1. The van der Waals surface area contributed by atoms with Crippen molar-refractivity contribution in [3.8, 4) is 10.4 Å². The highest BCUT2D eigenvalue weighted by atomic mass is 32.1. The summed E-state index contributed by atoms with van der Waals surface area (Å²) >= 11 is 1.35. The molecular formula is C27H31FN8O3S. The van der Waals surface area contributed by atoms with Crippen LogP contribution in [0.4, 0.5) is 30.9 Å². The number of aromatic nitrogens is 3. The Balaban J connectivity index is 1.06. The lowest BCUT2D eigenvalue weighted by Crippen LogP contribution is -2.55. The Bertz CT molecular complexity index is 1360. The number of rotatable bonds is 6. The van der Waals surface area contributed by atoms with Gasteiger partial charge in [0.25, 0.3) is 0 Å². The van der Waals surface area contributed by atoms with Gasteiger partial charge in [-0.15, -0.1) is 0 Å². The quantitative estimate of drug-likeness (QED) is 0.409. The molecule has 3 amide bonds. The zero-order valence-electron chi connectivity index (χ0n) is 22.0. The number of ether oxygens (including phenoxy) is 1. The van der Waals surface area contributed by atoms with Crippen LogP contribution < -0.4 is 20.9 Å². The van der Waals surface area contributed by atoms with Gasteiger partial charge < -0.3 is 19.9 Å². The van der Waals surface area contributed by atoms with E-state index in [1.807, 2.05) is 35.2 Å². The van der Waals surface area contributed by atoms with E-state index in [9.17, 15) is 9.59 Å². The first kappa shape index (κ1) is 26.4. The molecule has 1 aliphatic carbocycles. The second-order valence-electron chi connectivity index (χ2n) is 10.4. The summed E-state index contributed by atoms with van der Waals surface area (Å²) in [6.07, 6.45) is 3.47. The fraction of sp³-hybridized carbons (Fsp3) is 0.444. The van der Waals surface area contributed by atoms with Gasteiger partial charge in [0.1, 0.15) is 18.1 Å². The maximum atomic E-state index is 15.0. The zero-order valence-corrected chi connectivity index (χ0v) is 22.8. The van der Waals surface area contributed by atoms with E-state index in [0.717, 1.165) is 29.8 Å². The monoisotopic (exact) mass is 566 g/mol. The predicted molar refractivity (Wildman–Crippen MR) is 150 cm³/mol. The Labute approximate surface area is 235 Å². The Morgan fingerprint density at radius 1 is 1.18 bits per heavy atom. The van der Waals surface area contributed by atoms with Crippen LogP contribution >= 0.6 is 11.3 Å². The smallest absolute Gasteiger partial charge is 0.413 e. The van der Waals surface area contributed by atoms with E-state index in [4.69, 9.17) is 4.74 Å². The van der Waals surface area contributed by atoms with Crippen LogP contribution in [0.25, 0.3) is 10.4 Å². The molecule has 3 fully saturated rings. The van der Waals surface area contributed by atoms with Gasteiger partial charge in [0.2, 0.25) is 5.95 Å². The molecule has 0 spiro atoms. The highest BCUT2D eigenvalue weighted by Gasteiger charge is 2.41. The Kier molecular flexibility index (Phi) is 7.48. The van der Waals surface area contributed by atoms with Gasteiger partial charge in [0.15, 0.2) is 5.13 Å². The van der Waals surface area contributed by atoms with Crippen molar-refractivity contribution in [1.29, 1.82) is 0 Å². The lowest BCUT2D eigenvalue weighted by molar-refractivity contribution is 0.0800. The van der Waals surface area contributed by atoms with E-state index in [0.29, 0.717) is 35.4 Å². The third-order valence-electron chi connectivity index (χ3n) is 7.81. The van der Waals surface area contributed by atoms with Crippen molar-refractivity contribution in [2.75, 3.05) is 42.2 Å². The topological polar surface area (TPSA) is 125 Å². The van der Waals surface area contributed by atoms with Gasteiger partial charge in [-0.1, -0.05) is 41.7 Å². The van der Waals surface area contributed by atoms with Gasteiger partial charge in [0, 0.05) is 57.5 Å². The van der Waals surface area contributed by atoms with Gasteiger partial charge >= 0.3 is 12.1 Å². The number of urea groups is 1. The molecule has 1 saturated carbocycles. The van der Waals surface area contributed by atoms with Crippen LogP contribution in [0.5, 0.6) is 0 Å². The molecular weight excluding hydrogens is 535 g/mol. The first-order chi connectivity index (χ1) is 19.4. The molecule has 40 heavy (non-hydrogen) atoms. The van der Waals surface area contributed by atoms with Gasteiger partial charge in [0.05, 0.1) is 10.9 Å². The number of hydrogen-bond acceptors (Lipinski definition) is 9. The second kappa shape index (κ2) is 11.3. The van der Waals surface area contributed by atoms with Crippen molar-refractivity contribution in [3.05, 3.63) is 48.8 Å². The van der Waals surface area contributed by atoms with E-state index >= 15 is 4.39 Å². The highest BCUT2D eigenvalue weighted by molar-refractivity contribution is 7.19. The number of amides is 3. The Hall–Kier alpha value is -3.84. The molecule has 2 saturated heterocycles. The normalized spacial score (nSPS) is 25.4. The fourth-order valence-electron chi connectivity index (χ4n) is 5.62. The minimum Gasteiger partial charge on any atom is -0.446 e. The van der Waals surface area contributed by atoms with E-state index in [1.54, 1.807) is 25.5 Å². The number of carbonyl (C=O) groups is 2. The van der Waals surface area contributed by atoms with Crippen LogP contribution in [0.2, 0.25) is 0 Å². The van der Waals surface area contributed by atoms with Gasteiger partial charge in [-0.2, -0.15) is 4.98 Å². The Morgan fingerprint density at radius 3 is 2.80 bits per heavy atom. The third-order valence-corrected chi connectivity index (χ3v) is 8.77. The maximum Gasteiger partial charge on any atom is 0.413 e. The standard InChI is InChI=1S/C27H31FN8O3S/c1-35(26(37)34-25-31-14-22(40-25)16-5-3-2-4-6-16)20-15-36(10-8-19(20)28)24-29-9-7-23(32-24)33-27(38)39-21-12-18-11-17(21)13-30-18/h2-7,9,14,17-21,30H,8,10-13,15H2,1H3,(H,31,34,37)(H,29,32,33,38)/t17-,18-,19+,20-,21+/m0/s1. The van der Waals surface area contributed by atoms with Crippen molar-refractivity contribution in [3.63, 3.8) is 0 Å². The number of fused-ring (bicyclic) bond motifs is 2. The molecule has 11 nitrogen and oxygen atoms in total. The molecule has 210 valence electrons. The average molecular weight is 567 g/mol. The van der Waals surface area contributed by atoms with E-state index in [-0.39, 0.29) is 19.1 Å². The molecule has 0 unspecified atom stereocenters. The molecule has 1 aromatic carbocycles. The molecule has 4 heterocycles. The number of carbonyl (C=O) groups excluding carboxylic acids is 2. The lowest BCUT2D eigenvalue weighted by atomic mass is 10.0. The van der Waals surface area contributed by atoms with Crippen molar-refractivity contribution < 1.29 is 18.7 Å². The summed E-state index contributed by atoms with van der Waals surface area (Å²) in [4.78, 5) is 42.7. The molecule has 5 atom stereocenters. The first-order valence-corrected chi connectivity index (χ1v) is 14.2. The molecule has 13 heteroatoms. The van der Waals surface area contributed by atoms with E-state index in [2.05, 4.69) is 30.9 Å². The van der Waals surface area contributed by atoms with Crippen molar-refractivity contribution in [2.45, 2.75) is 43.6 Å². The highest BCUT2D eigenvalue weighted by Crippen LogP contribution is 2.34. The van der Waals surface area contributed by atoms with Crippen molar-refractivity contribution in [2.24, 2.45) is 5.92 Å². The minimum absolute atomic E-state index is 0.0899. The van der Waals surface area contributed by atoms with Crippen LogP contribution in [-0.2, 0) is 4.74 Å². The largest absolute Gasteiger partial charge is 0.446 e. The number of alkyl halides is 1. The van der Waals surface area contributed by atoms with Gasteiger partial charge in [-0.25, -0.2) is 23.9 Å². The van der Waals surface area contributed by atoms with Crippen molar-refractivity contribution in [1.82, 2.24) is 25.2 Å². The summed E-state index contributed by atoms with van der Waals surface area (Å²) < 4.78 is 20.7. The molecule has 2 aromatic heterocycles. The van der Waals surface area contributed by atoms with Crippen LogP contribution in [0.3, 0.4) is 0 Å². The van der Waals surface area contributed by atoms with E-state index < -0.39 is 24.3 Å². The molecule has 0 radical (unpaired) electrons. The average Bonchev–Trinajstić information content (AvgIpc) is 3.71. The summed E-state index contributed by atoms with van der Waals surface area (Å²) in [6, 6.07) is 10.6. The molecule has 3 N–H and O–H groups in total. The lowest BCUT2D eigenvalue weighted by Gasteiger charge is -2.39. The number of nitrogens with zero attached hydrogens (tertiary/aromatic N) is 5. The molecule has 2 bridgehead atoms. The van der Waals surface area contributed by atoms with Crippen LogP contribution in [0, 0.1) is 5.92 Å². The molecule has 6 rings (SSSR count). The molecule has 2 aliphatic heterocycles. The summed E-state index contributed by atoms with van der Waals surface area (Å²) in [5.41, 5.74) is 1.01. The van der Waals surface area contributed by atoms with Crippen molar-refractivity contribution >= 4 is 40.4 Å². The van der Waals surface area contributed by atoms with Gasteiger partial charge in [-0.05, 0) is 24.5 Å². The predicted octanol–water partition coefficient (Wildman–Crippen LogP) is 3.98. The van der Waals surface area contributed by atoms with E-state index in [1.165, 1.54) is 16.2 Å². The molecule has 3 aliphatic rings. The Morgan fingerprint density at radius 2 is 2.02 bits per heavy atom. The van der Waals surface area contributed by atoms with Crippen LogP contribution in [0.1, 0.15) is 19.3 Å². The van der Waals surface area contributed by atoms with Crippen LogP contribution in [-0.4, -0.2) is 83.0 Å². The number of halogens is 1. The zero-order chi connectivity index (χ0) is 27.6. The first-order valence-electron chi connectivity index (χ1n) is 13.4. The maximum absolute atomic E-state index is 15.0. The molecule has 3 aromatic rings. The second-order valence-corrected chi connectivity index (χ2v) is 11.4. The number of anilines is 3. The van der Waals surface area contributed by atoms with Gasteiger partial charge in [-0.3, -0.25) is 10.6 Å². The number of nitrogens with one attached hydrogen (secondary N) is 3. The number of hydrogen-bond donors (Lipinski definition) is 3.